The van der Waals surface area contributed by atoms with Crippen molar-refractivity contribution in [3.63, 3.8) is 0 Å². The number of rotatable bonds is 8. The molecule has 1 fully saturated rings. The summed E-state index contributed by atoms with van der Waals surface area (Å²) < 4.78 is 10.8. The zero-order valence-corrected chi connectivity index (χ0v) is 16.5. The van der Waals surface area contributed by atoms with Crippen molar-refractivity contribution in [2.45, 2.75) is 68.6 Å². The molecular weight excluding hydrogens is 402 g/mol. The van der Waals surface area contributed by atoms with Crippen LogP contribution < -0.4 is 5.73 Å². The molecule has 1 aromatic carbocycles. The second-order valence-corrected chi connectivity index (χ2v) is 6.93. The zero-order chi connectivity index (χ0) is 22.8. The topological polar surface area (TPSA) is 203 Å². The SMILES string of the molecule is CC(O)C(O)C(O)C(O)C=O.N[C@H]1C(OCc2ccccc2)O[C@H](CO)[C@@H](O)[C@@H]1O. The average Bonchev–Trinajstić information content (AvgIpc) is 2.76. The molecule has 1 aliphatic rings. The number of aldehydes is 1. The van der Waals surface area contributed by atoms with Crippen LogP contribution in [0.5, 0.6) is 0 Å². The van der Waals surface area contributed by atoms with Crippen molar-refractivity contribution in [1.29, 1.82) is 0 Å². The molecule has 1 heterocycles. The van der Waals surface area contributed by atoms with E-state index in [1.165, 1.54) is 6.92 Å². The van der Waals surface area contributed by atoms with E-state index in [2.05, 4.69) is 0 Å². The van der Waals surface area contributed by atoms with Gasteiger partial charge in [0.1, 0.15) is 36.6 Å². The highest BCUT2D eigenvalue weighted by atomic mass is 16.7. The first kappa shape index (κ1) is 26.5. The lowest BCUT2D eigenvalue weighted by Crippen LogP contribution is -2.62. The predicted molar refractivity (Wildman–Crippen MR) is 103 cm³/mol. The number of carbonyl (C=O) groups is 1. The molecule has 0 amide bonds. The second-order valence-electron chi connectivity index (χ2n) is 6.93. The van der Waals surface area contributed by atoms with E-state index in [0.717, 1.165) is 5.56 Å². The first-order valence-electron chi connectivity index (χ1n) is 9.35. The van der Waals surface area contributed by atoms with Crippen molar-refractivity contribution in [2.75, 3.05) is 6.61 Å². The fraction of sp³-hybridized carbons (Fsp3) is 0.632. The van der Waals surface area contributed by atoms with Crippen LogP contribution in [0.1, 0.15) is 12.5 Å². The van der Waals surface area contributed by atoms with Crippen LogP contribution in [0, 0.1) is 0 Å². The third-order valence-corrected chi connectivity index (χ3v) is 4.52. The van der Waals surface area contributed by atoms with E-state index >= 15 is 0 Å². The van der Waals surface area contributed by atoms with Crippen LogP contribution in [0.25, 0.3) is 0 Å². The number of hydrogen-bond acceptors (Lipinski definition) is 11. The molecule has 9 atom stereocenters. The molecule has 0 bridgehead atoms. The lowest BCUT2D eigenvalue weighted by molar-refractivity contribution is -0.269. The van der Waals surface area contributed by atoms with Gasteiger partial charge in [0.25, 0.3) is 0 Å². The molecule has 9 N–H and O–H groups in total. The van der Waals surface area contributed by atoms with Crippen LogP contribution in [0.15, 0.2) is 30.3 Å². The van der Waals surface area contributed by atoms with E-state index in [-0.39, 0.29) is 12.9 Å². The predicted octanol–water partition coefficient (Wildman–Crippen LogP) is -3.38. The molecule has 11 heteroatoms. The Morgan fingerprint density at radius 2 is 1.70 bits per heavy atom. The van der Waals surface area contributed by atoms with E-state index in [9.17, 15) is 15.0 Å². The lowest BCUT2D eigenvalue weighted by atomic mass is 9.98. The highest BCUT2D eigenvalue weighted by Gasteiger charge is 2.42. The van der Waals surface area contributed by atoms with Gasteiger partial charge >= 0.3 is 0 Å². The van der Waals surface area contributed by atoms with Gasteiger partial charge in [-0.2, -0.15) is 0 Å². The molecule has 11 nitrogen and oxygen atoms in total. The van der Waals surface area contributed by atoms with Gasteiger partial charge in [0.15, 0.2) is 12.6 Å². The number of carbonyl (C=O) groups excluding carboxylic acids is 1. The van der Waals surface area contributed by atoms with Gasteiger partial charge in [0.05, 0.1) is 25.4 Å². The van der Waals surface area contributed by atoms with Gasteiger partial charge in [-0.05, 0) is 12.5 Å². The highest BCUT2D eigenvalue weighted by Crippen LogP contribution is 2.21. The Morgan fingerprint density at radius 1 is 1.10 bits per heavy atom. The molecule has 0 aromatic heterocycles. The molecular formula is C19H31NO10. The Labute approximate surface area is 173 Å². The summed E-state index contributed by atoms with van der Waals surface area (Å²) in [7, 11) is 0. The Hall–Kier alpha value is -1.51. The molecule has 0 radical (unpaired) electrons. The summed E-state index contributed by atoms with van der Waals surface area (Å²) in [6.45, 7) is 1.11. The van der Waals surface area contributed by atoms with Crippen molar-refractivity contribution in [3.05, 3.63) is 35.9 Å². The van der Waals surface area contributed by atoms with Crippen LogP contribution in [0.3, 0.4) is 0 Å². The lowest BCUT2D eigenvalue weighted by Gasteiger charge is -2.40. The molecule has 0 saturated carbocycles. The largest absolute Gasteiger partial charge is 0.394 e. The minimum absolute atomic E-state index is 0.0935. The third-order valence-electron chi connectivity index (χ3n) is 4.52. The van der Waals surface area contributed by atoms with Crippen molar-refractivity contribution < 1.29 is 50.0 Å². The highest BCUT2D eigenvalue weighted by molar-refractivity contribution is 5.56. The molecule has 1 aromatic rings. The van der Waals surface area contributed by atoms with Gasteiger partial charge in [0, 0.05) is 0 Å². The molecule has 1 aliphatic heterocycles. The third kappa shape index (κ3) is 7.63. The first-order chi connectivity index (χ1) is 14.1. The van der Waals surface area contributed by atoms with Gasteiger partial charge in [-0.3, -0.25) is 0 Å². The summed E-state index contributed by atoms with van der Waals surface area (Å²) in [6, 6.07) is 8.59. The Bertz CT molecular complexity index is 602. The Balaban J connectivity index is 0.000000352. The van der Waals surface area contributed by atoms with E-state index in [4.69, 9.17) is 40.7 Å². The fourth-order valence-corrected chi connectivity index (χ4v) is 2.57. The normalized spacial score (nSPS) is 30.4. The maximum Gasteiger partial charge on any atom is 0.176 e. The Morgan fingerprint density at radius 3 is 2.20 bits per heavy atom. The van der Waals surface area contributed by atoms with E-state index < -0.39 is 61.7 Å². The van der Waals surface area contributed by atoms with Gasteiger partial charge in [0.2, 0.25) is 0 Å². The summed E-state index contributed by atoms with van der Waals surface area (Å²) in [5, 5.41) is 63.6. The summed E-state index contributed by atoms with van der Waals surface area (Å²) >= 11 is 0. The van der Waals surface area contributed by atoms with Crippen LogP contribution in [-0.2, 0) is 20.9 Å². The number of ether oxygens (including phenoxy) is 2. The van der Waals surface area contributed by atoms with Crippen molar-refractivity contribution in [1.82, 2.24) is 0 Å². The smallest absolute Gasteiger partial charge is 0.176 e. The minimum Gasteiger partial charge on any atom is -0.394 e. The maximum atomic E-state index is 9.87. The molecule has 2 rings (SSSR count). The standard InChI is InChI=1S/C13H19NO5.C6H12O5/c14-10-12(17)11(16)9(6-15)19-13(10)18-7-8-4-2-1-3-5-8;1-3(8)5(10)6(11)4(9)2-7/h1-5,9-13,15-17H,6-7,14H2;2-6,8-11H,1H3/t9-,10-,11-,12-,13?;/m1./s1. The summed E-state index contributed by atoms with van der Waals surface area (Å²) in [6.07, 6.45) is -10.0. The second kappa shape index (κ2) is 13.0. The summed E-state index contributed by atoms with van der Waals surface area (Å²) in [5.74, 6) is 0. The van der Waals surface area contributed by atoms with Crippen LogP contribution in [-0.4, -0.2) is 104 Å². The maximum absolute atomic E-state index is 9.87. The van der Waals surface area contributed by atoms with E-state index in [0.29, 0.717) is 0 Å². The number of benzene rings is 1. The number of aliphatic hydroxyl groups is 7. The number of hydrogen-bond donors (Lipinski definition) is 8. The van der Waals surface area contributed by atoms with Crippen LogP contribution in [0.4, 0.5) is 0 Å². The number of nitrogens with two attached hydrogens (primary N) is 1. The van der Waals surface area contributed by atoms with E-state index in [1.54, 1.807) is 0 Å². The Kier molecular flexibility index (Phi) is 11.5. The number of aliphatic hydroxyl groups excluding tert-OH is 7. The monoisotopic (exact) mass is 433 g/mol. The van der Waals surface area contributed by atoms with Gasteiger partial charge in [-0.25, -0.2) is 0 Å². The van der Waals surface area contributed by atoms with Gasteiger partial charge < -0.3 is 55.7 Å². The van der Waals surface area contributed by atoms with Crippen LogP contribution in [0.2, 0.25) is 0 Å². The van der Waals surface area contributed by atoms with E-state index in [1.807, 2.05) is 30.3 Å². The molecule has 5 unspecified atom stereocenters. The quantitative estimate of drug-likeness (QED) is 0.190. The first-order valence-corrected chi connectivity index (χ1v) is 9.35. The van der Waals surface area contributed by atoms with Gasteiger partial charge in [-0.15, -0.1) is 0 Å². The molecule has 172 valence electrons. The van der Waals surface area contributed by atoms with Crippen molar-refractivity contribution in [2.24, 2.45) is 5.73 Å². The molecule has 30 heavy (non-hydrogen) atoms. The fourth-order valence-electron chi connectivity index (χ4n) is 2.57. The minimum atomic E-state index is -1.65. The zero-order valence-electron chi connectivity index (χ0n) is 16.5. The average molecular weight is 433 g/mol. The van der Waals surface area contributed by atoms with Crippen molar-refractivity contribution >= 4 is 6.29 Å². The summed E-state index contributed by atoms with van der Waals surface area (Å²) in [5.41, 5.74) is 6.70. The molecule has 0 spiro atoms. The van der Waals surface area contributed by atoms with Crippen LogP contribution >= 0.6 is 0 Å². The summed E-state index contributed by atoms with van der Waals surface area (Å²) in [4.78, 5) is 9.87. The molecule has 1 saturated heterocycles. The van der Waals surface area contributed by atoms with Crippen molar-refractivity contribution in [3.8, 4) is 0 Å². The molecule has 0 aliphatic carbocycles. The van der Waals surface area contributed by atoms with Gasteiger partial charge in [-0.1, -0.05) is 30.3 Å².